The van der Waals surface area contributed by atoms with Crippen LogP contribution in [0.1, 0.15) is 38.2 Å². The zero-order valence-electron chi connectivity index (χ0n) is 17.3. The van der Waals surface area contributed by atoms with Crippen LogP contribution in [0.15, 0.2) is 30.2 Å². The topological polar surface area (TPSA) is 58.5 Å². The predicted octanol–water partition coefficient (Wildman–Crippen LogP) is 4.73. The van der Waals surface area contributed by atoms with E-state index in [0.29, 0.717) is 24.8 Å². The van der Waals surface area contributed by atoms with Gasteiger partial charge in [-0.2, -0.15) is 4.39 Å². The van der Waals surface area contributed by atoms with Crippen LogP contribution < -0.4 is 15.8 Å². The van der Waals surface area contributed by atoms with Crippen LogP contribution in [-0.4, -0.2) is 36.6 Å². The molecular weight excluding hydrogens is 433 g/mol. The molecule has 0 amide bonds. The largest absolute Gasteiger partial charge is 0.376 e. The number of nitrogens with zero attached hydrogens (tertiary/aromatic N) is 2. The number of allylic oxidation sites excluding steroid dienone is 3. The molecule has 1 atom stereocenters. The molecule has 2 fully saturated rings. The van der Waals surface area contributed by atoms with E-state index in [1.165, 1.54) is 37.5 Å². The highest BCUT2D eigenvalue weighted by atomic mass is 35.5. The zero-order valence-corrected chi connectivity index (χ0v) is 19.0. The summed E-state index contributed by atoms with van der Waals surface area (Å²) < 4.78 is 41.8. The van der Waals surface area contributed by atoms with Crippen LogP contribution in [0.2, 0.25) is 5.02 Å². The molecule has 4 nitrogen and oxygen atoms in total. The molecule has 0 spiro atoms. The first-order valence-corrected chi connectivity index (χ1v) is 10.8. The Balaban J connectivity index is 0.00000155. The van der Waals surface area contributed by atoms with Crippen molar-refractivity contribution in [3.63, 3.8) is 0 Å². The number of benzene rings is 1. The van der Waals surface area contributed by atoms with E-state index in [0.717, 1.165) is 12.5 Å². The highest BCUT2D eigenvalue weighted by molar-refractivity contribution is 7.77. The molecule has 1 aliphatic heterocycles. The first-order valence-electron chi connectivity index (χ1n) is 9.91. The van der Waals surface area contributed by atoms with Crippen LogP contribution >= 0.6 is 24.4 Å². The van der Waals surface area contributed by atoms with Crippen LogP contribution in [0.25, 0.3) is 0 Å². The normalized spacial score (nSPS) is 22.4. The lowest BCUT2D eigenvalue weighted by atomic mass is 9.87. The molecule has 168 valence electrons. The summed E-state index contributed by atoms with van der Waals surface area (Å²) in [7, 11) is 2.14. The number of hydrogen-bond acceptors (Lipinski definition) is 5. The Labute approximate surface area is 187 Å². The third kappa shape index (κ3) is 5.46. The van der Waals surface area contributed by atoms with Crippen molar-refractivity contribution in [1.82, 2.24) is 4.90 Å². The standard InChI is InChI=1S/C21H27ClF3N3.H3NS/c1-21(27(2)14-6-5-7-14)10-11-28(13-21)17-12-16(23)15(20(25)19(17)22)8-3-4-9-18(24)26;1-2/h3-4,9,12,14H,5-8,10-11,13,26H2,1-2H3;2H,1H2/b4-3-,18-9-;/t21-;/m1./s1. The monoisotopic (exact) mass is 462 g/mol. The fourth-order valence-electron chi connectivity index (χ4n) is 4.04. The summed E-state index contributed by atoms with van der Waals surface area (Å²) >= 11 is 9.30. The molecule has 0 aromatic heterocycles. The number of anilines is 1. The van der Waals surface area contributed by atoms with Gasteiger partial charge in [-0.05, 0) is 51.8 Å². The van der Waals surface area contributed by atoms with Crippen LogP contribution in [0.5, 0.6) is 0 Å². The number of nitrogens with two attached hydrogens (primary N) is 2. The van der Waals surface area contributed by atoms with Gasteiger partial charge in [-0.3, -0.25) is 10.0 Å². The van der Waals surface area contributed by atoms with E-state index < -0.39 is 17.6 Å². The Bertz CT molecular complexity index is 797. The van der Waals surface area contributed by atoms with Crippen LogP contribution in [0, 0.1) is 11.6 Å². The summed E-state index contributed by atoms with van der Waals surface area (Å²) in [6.45, 7) is 3.58. The number of halogens is 4. The minimum Gasteiger partial charge on any atom is -0.376 e. The summed E-state index contributed by atoms with van der Waals surface area (Å²) in [6.07, 6.45) is 8.34. The van der Waals surface area contributed by atoms with Crippen molar-refractivity contribution < 1.29 is 13.2 Å². The molecule has 1 saturated heterocycles. The Hall–Kier alpha value is -1.35. The minimum absolute atomic E-state index is 0.0381. The van der Waals surface area contributed by atoms with E-state index in [-0.39, 0.29) is 22.5 Å². The molecule has 1 aromatic carbocycles. The van der Waals surface area contributed by atoms with Gasteiger partial charge >= 0.3 is 0 Å². The fraction of sp³-hybridized carbons (Fsp3) is 0.524. The number of thiol groups is 1. The molecule has 0 unspecified atom stereocenters. The predicted molar refractivity (Wildman–Crippen MR) is 121 cm³/mol. The van der Waals surface area contributed by atoms with Crippen molar-refractivity contribution in [1.29, 1.82) is 0 Å². The lowest BCUT2D eigenvalue weighted by Gasteiger charge is -2.45. The van der Waals surface area contributed by atoms with Crippen molar-refractivity contribution in [3.8, 4) is 0 Å². The first-order chi connectivity index (χ1) is 14.2. The number of likely N-dealkylation sites (N-methyl/N-ethyl adjacent to an activating group) is 1. The molecule has 9 heteroatoms. The van der Waals surface area contributed by atoms with E-state index >= 15 is 0 Å². The summed E-state index contributed by atoms with van der Waals surface area (Å²) in [4.78, 5) is 4.39. The van der Waals surface area contributed by atoms with Gasteiger partial charge in [0.2, 0.25) is 0 Å². The van der Waals surface area contributed by atoms with E-state index in [1.54, 1.807) is 0 Å². The van der Waals surface area contributed by atoms with Crippen LogP contribution in [-0.2, 0) is 6.42 Å². The van der Waals surface area contributed by atoms with Crippen molar-refractivity contribution in [2.45, 2.75) is 50.6 Å². The quantitative estimate of drug-likeness (QED) is 0.247. The molecule has 3 rings (SSSR count). The maximum Gasteiger partial charge on any atom is 0.184 e. The highest BCUT2D eigenvalue weighted by Crippen LogP contribution is 2.40. The van der Waals surface area contributed by atoms with Crippen molar-refractivity contribution >= 4 is 30.1 Å². The van der Waals surface area contributed by atoms with Gasteiger partial charge in [0.15, 0.2) is 5.95 Å². The van der Waals surface area contributed by atoms with Gasteiger partial charge < -0.3 is 10.6 Å². The average Bonchev–Trinajstić information content (AvgIpc) is 3.07. The molecule has 30 heavy (non-hydrogen) atoms. The first kappa shape index (κ1) is 24.9. The third-order valence-corrected chi connectivity index (χ3v) is 6.57. The summed E-state index contributed by atoms with van der Waals surface area (Å²) in [5.74, 6) is -2.28. The highest BCUT2D eigenvalue weighted by Gasteiger charge is 2.42. The summed E-state index contributed by atoms with van der Waals surface area (Å²) in [5, 5.41) is 4.13. The van der Waals surface area contributed by atoms with Gasteiger partial charge in [-0.1, -0.05) is 30.2 Å². The smallest absolute Gasteiger partial charge is 0.184 e. The lowest BCUT2D eigenvalue weighted by Crippen LogP contribution is -2.53. The van der Waals surface area contributed by atoms with Crippen molar-refractivity contribution in [3.05, 3.63) is 52.5 Å². The Morgan fingerprint density at radius 2 is 2.07 bits per heavy atom. The SMILES string of the molecule is CN(C1CCC1)[C@]1(C)CCN(c2cc(F)c(C/C=C\C=C(/N)F)c(F)c2Cl)C1.NS. The van der Waals surface area contributed by atoms with Crippen molar-refractivity contribution in [2.75, 3.05) is 25.0 Å². The van der Waals surface area contributed by atoms with Gasteiger partial charge in [-0.15, -0.1) is 12.8 Å². The van der Waals surface area contributed by atoms with Crippen molar-refractivity contribution in [2.24, 2.45) is 10.9 Å². The lowest BCUT2D eigenvalue weighted by molar-refractivity contribution is 0.0584. The maximum atomic E-state index is 14.7. The van der Waals surface area contributed by atoms with Gasteiger partial charge in [0.1, 0.15) is 16.7 Å². The number of hydrogen-bond donors (Lipinski definition) is 3. The molecule has 4 N–H and O–H groups in total. The van der Waals surface area contributed by atoms with E-state index in [9.17, 15) is 13.2 Å². The van der Waals surface area contributed by atoms with Crippen LogP contribution in [0.4, 0.5) is 18.9 Å². The van der Waals surface area contributed by atoms with E-state index in [1.807, 2.05) is 4.90 Å². The average molecular weight is 463 g/mol. The molecule has 0 bridgehead atoms. The minimum atomic E-state index is -0.866. The van der Waals surface area contributed by atoms with Gasteiger partial charge in [0.25, 0.3) is 0 Å². The van der Waals surface area contributed by atoms with E-state index in [2.05, 4.69) is 36.8 Å². The summed E-state index contributed by atoms with van der Waals surface area (Å²) in [6, 6.07) is 1.90. The fourth-order valence-corrected chi connectivity index (χ4v) is 4.32. The molecule has 0 radical (unpaired) electrons. The molecule has 2 aliphatic rings. The molecule has 1 aromatic rings. The van der Waals surface area contributed by atoms with Gasteiger partial charge in [-0.25, -0.2) is 8.78 Å². The third-order valence-electron chi connectivity index (χ3n) is 6.21. The van der Waals surface area contributed by atoms with E-state index in [4.69, 9.17) is 17.3 Å². The second-order valence-electron chi connectivity index (χ2n) is 8.03. The van der Waals surface area contributed by atoms with Crippen LogP contribution in [0.3, 0.4) is 0 Å². The molecular formula is C21H30ClF3N4S. The molecule has 1 saturated carbocycles. The Morgan fingerprint density at radius 1 is 1.40 bits per heavy atom. The number of rotatable bonds is 6. The second kappa shape index (κ2) is 10.8. The maximum absolute atomic E-state index is 14.7. The zero-order chi connectivity index (χ0) is 22.5. The Morgan fingerprint density at radius 3 is 2.63 bits per heavy atom. The second-order valence-corrected chi connectivity index (χ2v) is 8.41. The Kier molecular flexibility index (Phi) is 8.97. The molecule has 1 heterocycles. The molecule has 1 aliphatic carbocycles. The summed E-state index contributed by atoms with van der Waals surface area (Å²) in [5.41, 5.74) is 5.10. The van der Waals surface area contributed by atoms with Gasteiger partial charge in [0, 0.05) is 30.2 Å². The van der Waals surface area contributed by atoms with Gasteiger partial charge in [0.05, 0.1) is 5.69 Å².